The number of amides is 2. The van der Waals surface area contributed by atoms with E-state index < -0.39 is 29.0 Å². The number of nitrogens with zero attached hydrogens (tertiary/aromatic N) is 1. The molecule has 0 saturated carbocycles. The molecule has 2 amide bonds. The molecule has 2 aliphatic heterocycles. The van der Waals surface area contributed by atoms with Gasteiger partial charge in [-0.25, -0.2) is 4.79 Å². The van der Waals surface area contributed by atoms with E-state index in [0.29, 0.717) is 5.06 Å². The maximum absolute atomic E-state index is 12.0. The number of hydroxylamine groups is 2. The first-order chi connectivity index (χ1) is 8.73. The molecule has 0 spiro atoms. The minimum Gasteiger partial charge on any atom is -0.349 e. The number of imide groups is 1. The summed E-state index contributed by atoms with van der Waals surface area (Å²) in [7, 11) is 0. The van der Waals surface area contributed by atoms with Crippen LogP contribution in [0.5, 0.6) is 0 Å². The lowest BCUT2D eigenvalue weighted by molar-refractivity contribution is -0.286. The lowest BCUT2D eigenvalue weighted by Gasteiger charge is -2.39. The SMILES string of the molecule is CC1(C)OCC(C)(C(=O)ON2C(=O)CCC2=O)CO1. The molecule has 19 heavy (non-hydrogen) atoms. The molecule has 7 heteroatoms. The summed E-state index contributed by atoms with van der Waals surface area (Å²) in [4.78, 5) is 39.7. The Morgan fingerprint density at radius 3 is 2.05 bits per heavy atom. The number of rotatable bonds is 2. The van der Waals surface area contributed by atoms with Crippen LogP contribution in [0.15, 0.2) is 0 Å². The maximum Gasteiger partial charge on any atom is 0.343 e. The van der Waals surface area contributed by atoms with Crippen LogP contribution < -0.4 is 0 Å². The number of carbonyl (C=O) groups excluding carboxylic acids is 3. The van der Waals surface area contributed by atoms with E-state index in [1.54, 1.807) is 20.8 Å². The Hall–Kier alpha value is -1.47. The summed E-state index contributed by atoms with van der Waals surface area (Å²) in [5.41, 5.74) is -1.03. The van der Waals surface area contributed by atoms with E-state index in [9.17, 15) is 14.4 Å². The molecule has 0 aliphatic carbocycles. The molecule has 7 nitrogen and oxygen atoms in total. The van der Waals surface area contributed by atoms with Crippen LogP contribution in [0.25, 0.3) is 0 Å². The van der Waals surface area contributed by atoms with Crippen molar-refractivity contribution in [2.45, 2.75) is 39.4 Å². The van der Waals surface area contributed by atoms with Gasteiger partial charge in [0.15, 0.2) is 5.79 Å². The average Bonchev–Trinajstić information content (AvgIpc) is 2.65. The van der Waals surface area contributed by atoms with Crippen molar-refractivity contribution < 1.29 is 28.7 Å². The van der Waals surface area contributed by atoms with Crippen molar-refractivity contribution in [1.82, 2.24) is 5.06 Å². The van der Waals surface area contributed by atoms with Crippen molar-refractivity contribution in [3.05, 3.63) is 0 Å². The molecule has 2 aliphatic rings. The third-order valence-corrected chi connectivity index (χ3v) is 3.15. The summed E-state index contributed by atoms with van der Waals surface area (Å²) in [6, 6.07) is 0. The van der Waals surface area contributed by atoms with Crippen molar-refractivity contribution in [2.24, 2.45) is 5.41 Å². The van der Waals surface area contributed by atoms with Crippen molar-refractivity contribution >= 4 is 17.8 Å². The fraction of sp³-hybridized carbons (Fsp3) is 0.750. The predicted octanol–water partition coefficient (Wildman–Crippen LogP) is 0.383. The van der Waals surface area contributed by atoms with Crippen LogP contribution in [-0.4, -0.2) is 41.8 Å². The van der Waals surface area contributed by atoms with E-state index in [4.69, 9.17) is 14.3 Å². The summed E-state index contributed by atoms with van der Waals surface area (Å²) >= 11 is 0. The molecule has 0 aromatic carbocycles. The van der Waals surface area contributed by atoms with E-state index in [0.717, 1.165) is 0 Å². The van der Waals surface area contributed by atoms with E-state index in [1.165, 1.54) is 0 Å². The third-order valence-electron chi connectivity index (χ3n) is 3.15. The van der Waals surface area contributed by atoms with Gasteiger partial charge >= 0.3 is 5.97 Å². The van der Waals surface area contributed by atoms with Gasteiger partial charge in [0.2, 0.25) is 0 Å². The first-order valence-corrected chi connectivity index (χ1v) is 6.10. The Morgan fingerprint density at radius 2 is 1.58 bits per heavy atom. The largest absolute Gasteiger partial charge is 0.349 e. The minimum atomic E-state index is -1.03. The number of hydrogen-bond acceptors (Lipinski definition) is 6. The lowest BCUT2D eigenvalue weighted by Crippen LogP contribution is -2.51. The van der Waals surface area contributed by atoms with Crippen molar-refractivity contribution in [2.75, 3.05) is 13.2 Å². The van der Waals surface area contributed by atoms with Gasteiger partial charge in [0.25, 0.3) is 11.8 Å². The van der Waals surface area contributed by atoms with Gasteiger partial charge in [-0.2, -0.15) is 0 Å². The summed E-state index contributed by atoms with van der Waals surface area (Å²) in [5, 5.41) is 0.535. The zero-order valence-corrected chi connectivity index (χ0v) is 11.2. The van der Waals surface area contributed by atoms with Crippen LogP contribution in [0.4, 0.5) is 0 Å². The topological polar surface area (TPSA) is 82.1 Å². The third kappa shape index (κ3) is 2.76. The highest BCUT2D eigenvalue weighted by molar-refractivity contribution is 6.01. The smallest absolute Gasteiger partial charge is 0.343 e. The van der Waals surface area contributed by atoms with Gasteiger partial charge in [0.1, 0.15) is 5.41 Å². The van der Waals surface area contributed by atoms with Crippen LogP contribution in [0.3, 0.4) is 0 Å². The molecule has 2 rings (SSSR count). The van der Waals surface area contributed by atoms with Gasteiger partial charge in [0, 0.05) is 12.8 Å². The molecular weight excluding hydrogens is 254 g/mol. The fourth-order valence-electron chi connectivity index (χ4n) is 1.72. The highest BCUT2D eigenvalue weighted by Gasteiger charge is 2.46. The monoisotopic (exact) mass is 271 g/mol. The second-order valence-corrected chi connectivity index (χ2v) is 5.50. The molecule has 106 valence electrons. The first-order valence-electron chi connectivity index (χ1n) is 6.10. The zero-order valence-electron chi connectivity index (χ0n) is 11.2. The standard InChI is InChI=1S/C12H17NO6/c1-11(2)17-6-12(3,7-18-11)10(16)19-13-8(14)4-5-9(13)15/h4-7H2,1-3H3. The summed E-state index contributed by atoms with van der Waals surface area (Å²) in [6.07, 6.45) is 0.145. The zero-order chi connectivity index (χ0) is 14.3. The van der Waals surface area contributed by atoms with Gasteiger partial charge in [-0.1, -0.05) is 0 Å². The number of ether oxygens (including phenoxy) is 2. The normalized spacial score (nSPS) is 25.5. The molecule has 0 aromatic heterocycles. The van der Waals surface area contributed by atoms with E-state index >= 15 is 0 Å². The van der Waals surface area contributed by atoms with E-state index in [2.05, 4.69) is 0 Å². The summed E-state index contributed by atoms with van der Waals surface area (Å²) in [5.74, 6) is -2.45. The molecule has 2 fully saturated rings. The quantitative estimate of drug-likeness (QED) is 0.675. The Bertz CT molecular complexity index is 404. The predicted molar refractivity (Wildman–Crippen MR) is 61.3 cm³/mol. The highest BCUT2D eigenvalue weighted by Crippen LogP contribution is 2.31. The van der Waals surface area contributed by atoms with Gasteiger partial charge in [-0.05, 0) is 20.8 Å². The van der Waals surface area contributed by atoms with Crippen LogP contribution in [0.2, 0.25) is 0 Å². The Kier molecular flexibility index (Phi) is 3.36. The van der Waals surface area contributed by atoms with Crippen LogP contribution in [-0.2, 0) is 28.7 Å². The molecule has 2 heterocycles. The molecule has 0 aromatic rings. The molecule has 0 atom stereocenters. The Labute approximate surface area is 110 Å². The fourth-order valence-corrected chi connectivity index (χ4v) is 1.72. The van der Waals surface area contributed by atoms with E-state index in [-0.39, 0.29) is 26.1 Å². The molecule has 0 unspecified atom stereocenters. The molecule has 0 radical (unpaired) electrons. The molecule has 0 N–H and O–H groups in total. The summed E-state index contributed by atoms with van der Waals surface area (Å²) < 4.78 is 10.8. The van der Waals surface area contributed by atoms with Crippen molar-refractivity contribution in [3.8, 4) is 0 Å². The minimum absolute atomic E-state index is 0.0723. The van der Waals surface area contributed by atoms with Gasteiger partial charge < -0.3 is 14.3 Å². The second-order valence-electron chi connectivity index (χ2n) is 5.50. The highest BCUT2D eigenvalue weighted by atomic mass is 16.7. The molecule has 0 bridgehead atoms. The van der Waals surface area contributed by atoms with Gasteiger partial charge in [-0.15, -0.1) is 5.06 Å². The number of carbonyl (C=O) groups is 3. The molecule has 2 saturated heterocycles. The van der Waals surface area contributed by atoms with Gasteiger partial charge in [-0.3, -0.25) is 9.59 Å². The van der Waals surface area contributed by atoms with Crippen molar-refractivity contribution in [1.29, 1.82) is 0 Å². The Morgan fingerprint density at radius 1 is 1.11 bits per heavy atom. The number of hydrogen-bond donors (Lipinski definition) is 0. The van der Waals surface area contributed by atoms with Gasteiger partial charge in [0.05, 0.1) is 13.2 Å². The maximum atomic E-state index is 12.0. The van der Waals surface area contributed by atoms with Crippen LogP contribution in [0.1, 0.15) is 33.6 Å². The molecular formula is C12H17NO6. The summed E-state index contributed by atoms with van der Waals surface area (Å²) in [6.45, 7) is 5.30. The first kappa shape index (κ1) is 14.0. The average molecular weight is 271 g/mol. The Balaban J connectivity index is 2.00. The van der Waals surface area contributed by atoms with E-state index in [1.807, 2.05) is 0 Å². The van der Waals surface area contributed by atoms with Crippen LogP contribution >= 0.6 is 0 Å². The van der Waals surface area contributed by atoms with Crippen molar-refractivity contribution in [3.63, 3.8) is 0 Å². The van der Waals surface area contributed by atoms with Crippen LogP contribution in [0, 0.1) is 5.41 Å². The lowest BCUT2D eigenvalue weighted by atomic mass is 9.92. The second kappa shape index (κ2) is 4.57.